The molecule has 1 aliphatic rings. The van der Waals surface area contributed by atoms with Gasteiger partial charge in [0.05, 0.1) is 23.5 Å². The number of anilines is 2. The van der Waals surface area contributed by atoms with Gasteiger partial charge in [-0.1, -0.05) is 19.4 Å². The molecule has 2 heterocycles. The summed E-state index contributed by atoms with van der Waals surface area (Å²) in [6.45, 7) is 5.53. The van der Waals surface area contributed by atoms with Crippen molar-refractivity contribution in [3.05, 3.63) is 41.3 Å². The van der Waals surface area contributed by atoms with Crippen molar-refractivity contribution in [1.29, 1.82) is 0 Å². The molecule has 1 aromatic carbocycles. The summed E-state index contributed by atoms with van der Waals surface area (Å²) in [5.41, 5.74) is 0.839. The Morgan fingerprint density at radius 1 is 1.16 bits per heavy atom. The van der Waals surface area contributed by atoms with Crippen LogP contribution in [0.2, 0.25) is 0 Å². The predicted molar refractivity (Wildman–Crippen MR) is 125 cm³/mol. The summed E-state index contributed by atoms with van der Waals surface area (Å²) >= 11 is 1.09. The van der Waals surface area contributed by atoms with Crippen molar-refractivity contribution >= 4 is 44.6 Å². The van der Waals surface area contributed by atoms with E-state index in [0.717, 1.165) is 24.2 Å². The van der Waals surface area contributed by atoms with Gasteiger partial charge in [0.15, 0.2) is 0 Å². The van der Waals surface area contributed by atoms with Gasteiger partial charge in [0.25, 0.3) is 10.0 Å². The molecule has 0 aliphatic carbocycles. The number of nitrogens with zero attached hydrogens (tertiary/aromatic N) is 2. The van der Waals surface area contributed by atoms with Gasteiger partial charge < -0.3 is 15.3 Å². The van der Waals surface area contributed by atoms with Gasteiger partial charge in [0.2, 0.25) is 5.91 Å². The number of carbonyl (C=O) groups excluding carboxylic acids is 1. The molecule has 174 valence electrons. The molecule has 1 aromatic heterocycles. The number of carbonyl (C=O) groups is 2. The number of amides is 1. The van der Waals surface area contributed by atoms with Crippen molar-refractivity contribution in [3.8, 4) is 0 Å². The van der Waals surface area contributed by atoms with E-state index in [9.17, 15) is 23.1 Å². The molecular formula is C21H28N4O5S2. The number of unbranched alkanes of at least 4 members (excludes halogenated alkanes) is 1. The average Bonchev–Trinajstić information content (AvgIpc) is 3.30. The SMILES string of the molecule is CCCCNC(=O)CN1CCN(c2ccc(C(=O)O)cc2NS(=O)(=O)c2cccs2)CC1. The standard InChI is InChI=1S/C21H28N4O5S2/c1-2-3-8-22-19(26)15-24-9-11-25(12-10-24)18-7-6-16(21(27)28)14-17(18)23-32(29,30)20-5-4-13-31-20/h4-7,13-14,23H,2-3,8-12,15H2,1H3,(H,22,26)(H,27,28). The third-order valence-corrected chi connectivity index (χ3v) is 7.94. The maximum Gasteiger partial charge on any atom is 0.335 e. The Hall–Kier alpha value is -2.63. The fourth-order valence-electron chi connectivity index (χ4n) is 3.45. The second-order valence-corrected chi connectivity index (χ2v) is 10.4. The number of hydrogen-bond donors (Lipinski definition) is 3. The monoisotopic (exact) mass is 480 g/mol. The maximum absolute atomic E-state index is 12.7. The van der Waals surface area contributed by atoms with Crippen molar-refractivity contribution in [2.75, 3.05) is 48.9 Å². The summed E-state index contributed by atoms with van der Waals surface area (Å²) in [4.78, 5) is 27.6. The van der Waals surface area contributed by atoms with Crippen LogP contribution < -0.4 is 14.9 Å². The molecule has 1 amide bonds. The van der Waals surface area contributed by atoms with Gasteiger partial charge in [-0.3, -0.25) is 14.4 Å². The van der Waals surface area contributed by atoms with Gasteiger partial charge in [-0.15, -0.1) is 11.3 Å². The minimum atomic E-state index is -3.83. The number of carboxylic acid groups (broad SMARTS) is 1. The maximum atomic E-state index is 12.7. The van der Waals surface area contributed by atoms with E-state index < -0.39 is 16.0 Å². The van der Waals surface area contributed by atoms with Crippen LogP contribution in [0, 0.1) is 0 Å². The van der Waals surface area contributed by atoms with Crippen LogP contribution in [0.5, 0.6) is 0 Å². The summed E-state index contributed by atoms with van der Waals surface area (Å²) in [6.07, 6.45) is 1.98. The lowest BCUT2D eigenvalue weighted by molar-refractivity contribution is -0.122. The lowest BCUT2D eigenvalue weighted by atomic mass is 10.1. The van der Waals surface area contributed by atoms with E-state index in [1.807, 2.05) is 4.90 Å². The molecule has 0 bridgehead atoms. The highest BCUT2D eigenvalue weighted by atomic mass is 32.2. The summed E-state index contributed by atoms with van der Waals surface area (Å²) in [5, 5.41) is 13.9. The molecule has 3 rings (SSSR count). The second-order valence-electron chi connectivity index (χ2n) is 7.54. The third kappa shape index (κ3) is 6.21. The summed E-state index contributed by atoms with van der Waals surface area (Å²) in [5.74, 6) is -1.13. The van der Waals surface area contributed by atoms with Gasteiger partial charge in [0, 0.05) is 32.7 Å². The average molecular weight is 481 g/mol. The van der Waals surface area contributed by atoms with Crippen molar-refractivity contribution in [2.45, 2.75) is 24.0 Å². The minimum absolute atomic E-state index is 0.0000147. The van der Waals surface area contributed by atoms with Crippen molar-refractivity contribution in [1.82, 2.24) is 10.2 Å². The Morgan fingerprint density at radius 2 is 1.91 bits per heavy atom. The van der Waals surface area contributed by atoms with E-state index in [-0.39, 0.29) is 21.4 Å². The number of nitrogens with one attached hydrogen (secondary N) is 2. The van der Waals surface area contributed by atoms with Gasteiger partial charge in [-0.05, 0) is 36.1 Å². The van der Waals surface area contributed by atoms with Crippen molar-refractivity contribution in [2.24, 2.45) is 0 Å². The fourth-order valence-corrected chi connectivity index (χ4v) is 5.51. The molecule has 0 radical (unpaired) electrons. The molecule has 11 heteroatoms. The topological polar surface area (TPSA) is 119 Å². The highest BCUT2D eigenvalue weighted by Gasteiger charge is 2.24. The van der Waals surface area contributed by atoms with Crippen LogP contribution >= 0.6 is 11.3 Å². The fraction of sp³-hybridized carbons (Fsp3) is 0.429. The first-order valence-corrected chi connectivity index (χ1v) is 12.8. The van der Waals surface area contributed by atoms with Gasteiger partial charge >= 0.3 is 5.97 Å². The van der Waals surface area contributed by atoms with E-state index in [1.165, 1.54) is 18.2 Å². The Kier molecular flexibility index (Phi) is 8.10. The molecule has 2 aromatic rings. The van der Waals surface area contributed by atoms with E-state index in [2.05, 4.69) is 21.9 Å². The zero-order chi connectivity index (χ0) is 23.1. The predicted octanol–water partition coefficient (Wildman–Crippen LogP) is 2.29. The number of rotatable bonds is 10. The molecule has 1 saturated heterocycles. The summed E-state index contributed by atoms with van der Waals surface area (Å²) < 4.78 is 28.2. The van der Waals surface area contributed by atoms with Crippen LogP contribution in [-0.2, 0) is 14.8 Å². The molecule has 9 nitrogen and oxygen atoms in total. The lowest BCUT2D eigenvalue weighted by Gasteiger charge is -2.36. The van der Waals surface area contributed by atoms with E-state index in [0.29, 0.717) is 45.0 Å². The Balaban J connectivity index is 1.71. The van der Waals surface area contributed by atoms with Crippen LogP contribution in [0.25, 0.3) is 0 Å². The molecule has 0 saturated carbocycles. The van der Waals surface area contributed by atoms with Crippen molar-refractivity contribution in [3.63, 3.8) is 0 Å². The van der Waals surface area contributed by atoms with Crippen molar-refractivity contribution < 1.29 is 23.1 Å². The highest BCUT2D eigenvalue weighted by Crippen LogP contribution is 2.31. The zero-order valence-corrected chi connectivity index (χ0v) is 19.5. The number of piperazine rings is 1. The third-order valence-electron chi connectivity index (χ3n) is 5.18. The number of aromatic carboxylic acids is 1. The first-order chi connectivity index (χ1) is 15.3. The molecule has 0 spiro atoms. The van der Waals surface area contributed by atoms with Crippen LogP contribution in [0.3, 0.4) is 0 Å². The quantitative estimate of drug-likeness (QED) is 0.446. The minimum Gasteiger partial charge on any atom is -0.478 e. The lowest BCUT2D eigenvalue weighted by Crippen LogP contribution is -2.49. The van der Waals surface area contributed by atoms with Crippen LogP contribution in [0.15, 0.2) is 39.9 Å². The Labute approximate surface area is 192 Å². The molecule has 3 N–H and O–H groups in total. The first kappa shape index (κ1) is 24.0. The number of sulfonamides is 1. The molecule has 1 fully saturated rings. The highest BCUT2D eigenvalue weighted by molar-refractivity contribution is 7.94. The van der Waals surface area contributed by atoms with E-state index >= 15 is 0 Å². The Bertz CT molecular complexity index is 1030. The summed E-state index contributed by atoms with van der Waals surface area (Å²) in [6, 6.07) is 7.58. The largest absolute Gasteiger partial charge is 0.478 e. The van der Waals surface area contributed by atoms with E-state index in [1.54, 1.807) is 17.5 Å². The smallest absolute Gasteiger partial charge is 0.335 e. The molecule has 0 unspecified atom stereocenters. The van der Waals surface area contributed by atoms with Gasteiger partial charge in [-0.25, -0.2) is 13.2 Å². The second kappa shape index (κ2) is 10.8. The van der Waals surface area contributed by atoms with Crippen LogP contribution in [-0.4, -0.2) is 69.6 Å². The molecular weight excluding hydrogens is 452 g/mol. The number of benzene rings is 1. The van der Waals surface area contributed by atoms with E-state index in [4.69, 9.17) is 0 Å². The summed E-state index contributed by atoms with van der Waals surface area (Å²) in [7, 11) is -3.83. The number of thiophene rings is 1. The Morgan fingerprint density at radius 3 is 2.53 bits per heavy atom. The molecule has 1 aliphatic heterocycles. The molecule has 0 atom stereocenters. The zero-order valence-electron chi connectivity index (χ0n) is 17.9. The van der Waals surface area contributed by atoms with Crippen LogP contribution in [0.1, 0.15) is 30.1 Å². The van der Waals surface area contributed by atoms with Gasteiger partial charge in [-0.2, -0.15) is 0 Å². The number of carboxylic acids is 1. The normalized spacial score (nSPS) is 14.8. The van der Waals surface area contributed by atoms with Crippen LogP contribution in [0.4, 0.5) is 11.4 Å². The van der Waals surface area contributed by atoms with Gasteiger partial charge in [0.1, 0.15) is 4.21 Å². The number of hydrogen-bond acceptors (Lipinski definition) is 7. The first-order valence-electron chi connectivity index (χ1n) is 10.5. The molecule has 32 heavy (non-hydrogen) atoms.